The molecule has 0 spiro atoms. The van der Waals surface area contributed by atoms with Gasteiger partial charge in [-0.05, 0) is 80.2 Å². The van der Waals surface area contributed by atoms with Gasteiger partial charge < -0.3 is 4.74 Å². The molecule has 10 rings (SSSR count). The van der Waals surface area contributed by atoms with Crippen LogP contribution in [0.15, 0.2) is 127 Å². The first kappa shape index (κ1) is 24.9. The van der Waals surface area contributed by atoms with Crippen molar-refractivity contribution in [2.24, 2.45) is 0 Å². The molecule has 0 saturated carbocycles. The van der Waals surface area contributed by atoms with Gasteiger partial charge in [0.25, 0.3) is 0 Å². The summed E-state index contributed by atoms with van der Waals surface area (Å²) in [7, 11) is 0. The van der Waals surface area contributed by atoms with E-state index in [9.17, 15) is 0 Å². The molecule has 0 saturated heterocycles. The SMILES string of the molecule is CCc1nc2cccc3c2n1-c1ccc(-c2c4ccccc4c(-c4ccc5c(c4)sc4ccccc45)c4ccccc24)cc1O3. The summed E-state index contributed by atoms with van der Waals surface area (Å²) in [6.07, 6.45) is 0.847. The van der Waals surface area contributed by atoms with Gasteiger partial charge in [0.2, 0.25) is 0 Å². The molecule has 0 amide bonds. The van der Waals surface area contributed by atoms with Crippen LogP contribution in [-0.2, 0) is 6.42 Å². The minimum atomic E-state index is 0.847. The molecular formula is C41H26N2OS. The Morgan fingerprint density at radius 2 is 1.20 bits per heavy atom. The molecule has 3 heterocycles. The van der Waals surface area contributed by atoms with Crippen molar-refractivity contribution in [3.8, 4) is 39.4 Å². The summed E-state index contributed by atoms with van der Waals surface area (Å²) in [4.78, 5) is 4.92. The monoisotopic (exact) mass is 594 g/mol. The summed E-state index contributed by atoms with van der Waals surface area (Å²) in [5, 5.41) is 7.62. The molecule has 1 aliphatic heterocycles. The second-order valence-electron chi connectivity index (χ2n) is 11.8. The maximum atomic E-state index is 6.59. The van der Waals surface area contributed by atoms with Crippen LogP contribution in [-0.4, -0.2) is 9.55 Å². The van der Waals surface area contributed by atoms with Gasteiger partial charge in [-0.15, -0.1) is 11.3 Å². The van der Waals surface area contributed by atoms with Crippen LogP contribution < -0.4 is 4.74 Å². The van der Waals surface area contributed by atoms with E-state index in [2.05, 4.69) is 127 Å². The first-order valence-electron chi connectivity index (χ1n) is 15.4. The Bertz CT molecular complexity index is 2620. The largest absolute Gasteiger partial charge is 0.453 e. The number of fused-ring (bicyclic) bond motifs is 7. The Balaban J connectivity index is 1.23. The Kier molecular flexibility index (Phi) is 5.14. The van der Waals surface area contributed by atoms with Crippen molar-refractivity contribution in [2.45, 2.75) is 13.3 Å². The van der Waals surface area contributed by atoms with Crippen molar-refractivity contribution < 1.29 is 4.74 Å². The number of aromatic nitrogens is 2. The Morgan fingerprint density at radius 3 is 1.91 bits per heavy atom. The van der Waals surface area contributed by atoms with Crippen molar-refractivity contribution in [3.05, 3.63) is 133 Å². The van der Waals surface area contributed by atoms with E-state index in [1.54, 1.807) is 0 Å². The van der Waals surface area contributed by atoms with Crippen molar-refractivity contribution in [1.82, 2.24) is 9.55 Å². The van der Waals surface area contributed by atoms with E-state index < -0.39 is 0 Å². The van der Waals surface area contributed by atoms with Gasteiger partial charge in [0.1, 0.15) is 11.3 Å². The normalized spacial score (nSPS) is 12.4. The van der Waals surface area contributed by atoms with Gasteiger partial charge in [0.05, 0.1) is 11.2 Å². The van der Waals surface area contributed by atoms with Crippen molar-refractivity contribution >= 4 is 64.1 Å². The van der Waals surface area contributed by atoms with E-state index in [1.165, 1.54) is 58.4 Å². The smallest absolute Gasteiger partial charge is 0.153 e. The number of thiophene rings is 1. The highest BCUT2D eigenvalue weighted by Gasteiger charge is 2.25. The van der Waals surface area contributed by atoms with Crippen molar-refractivity contribution in [3.63, 3.8) is 0 Å². The minimum Gasteiger partial charge on any atom is -0.453 e. The molecule has 0 N–H and O–H groups in total. The van der Waals surface area contributed by atoms with Gasteiger partial charge in [-0.3, -0.25) is 4.57 Å². The second-order valence-corrected chi connectivity index (χ2v) is 12.9. The molecule has 9 aromatic rings. The van der Waals surface area contributed by atoms with E-state index >= 15 is 0 Å². The van der Waals surface area contributed by atoms with Crippen LogP contribution in [0.4, 0.5) is 0 Å². The molecule has 7 aromatic carbocycles. The third kappa shape index (κ3) is 3.49. The molecule has 0 atom stereocenters. The van der Waals surface area contributed by atoms with Gasteiger partial charge >= 0.3 is 0 Å². The molecule has 0 radical (unpaired) electrons. The van der Waals surface area contributed by atoms with Crippen LogP contribution in [0.25, 0.3) is 80.7 Å². The van der Waals surface area contributed by atoms with Crippen LogP contribution in [0.2, 0.25) is 0 Å². The zero-order chi connectivity index (χ0) is 29.6. The van der Waals surface area contributed by atoms with Crippen molar-refractivity contribution in [2.75, 3.05) is 0 Å². The highest BCUT2D eigenvalue weighted by atomic mass is 32.1. The maximum absolute atomic E-state index is 6.59. The molecule has 3 nitrogen and oxygen atoms in total. The van der Waals surface area contributed by atoms with Gasteiger partial charge in [-0.2, -0.15) is 0 Å². The maximum Gasteiger partial charge on any atom is 0.153 e. The fourth-order valence-corrected chi connectivity index (χ4v) is 8.55. The lowest BCUT2D eigenvalue weighted by Crippen LogP contribution is -2.07. The lowest BCUT2D eigenvalue weighted by Gasteiger charge is -2.23. The summed E-state index contributed by atoms with van der Waals surface area (Å²) in [5.74, 6) is 2.75. The highest BCUT2D eigenvalue weighted by Crippen LogP contribution is 2.48. The van der Waals surface area contributed by atoms with Gasteiger partial charge in [-0.25, -0.2) is 4.98 Å². The number of aryl methyl sites for hydroxylation is 1. The number of hydrogen-bond acceptors (Lipinski definition) is 3. The summed E-state index contributed by atoms with van der Waals surface area (Å²) < 4.78 is 11.5. The molecular weight excluding hydrogens is 569 g/mol. The fourth-order valence-electron chi connectivity index (χ4n) is 7.41. The molecule has 0 aliphatic carbocycles. The molecule has 1 aliphatic rings. The quantitative estimate of drug-likeness (QED) is 0.190. The molecule has 0 fully saturated rings. The predicted molar refractivity (Wildman–Crippen MR) is 189 cm³/mol. The molecule has 0 bridgehead atoms. The lowest BCUT2D eigenvalue weighted by molar-refractivity contribution is 0.474. The number of ether oxygens (including phenoxy) is 1. The Labute approximate surface area is 263 Å². The van der Waals surface area contributed by atoms with Crippen LogP contribution in [0.1, 0.15) is 12.7 Å². The van der Waals surface area contributed by atoms with Crippen molar-refractivity contribution in [1.29, 1.82) is 0 Å². The van der Waals surface area contributed by atoms with E-state index in [0.29, 0.717) is 0 Å². The fraction of sp³-hybridized carbons (Fsp3) is 0.0488. The molecule has 212 valence electrons. The van der Waals surface area contributed by atoms with E-state index in [1.807, 2.05) is 23.5 Å². The summed E-state index contributed by atoms with van der Waals surface area (Å²) in [6.45, 7) is 2.16. The van der Waals surface area contributed by atoms with E-state index in [0.717, 1.165) is 46.0 Å². The molecule has 45 heavy (non-hydrogen) atoms. The second kappa shape index (κ2) is 9.28. The Hall–Kier alpha value is -5.45. The summed E-state index contributed by atoms with van der Waals surface area (Å²) >= 11 is 1.87. The van der Waals surface area contributed by atoms with Crippen LogP contribution in [0, 0.1) is 0 Å². The molecule has 2 aromatic heterocycles. The van der Waals surface area contributed by atoms with Gasteiger partial charge in [0, 0.05) is 26.6 Å². The zero-order valence-electron chi connectivity index (χ0n) is 24.5. The molecule has 4 heteroatoms. The van der Waals surface area contributed by atoms with Gasteiger partial charge in [-0.1, -0.05) is 97.9 Å². The highest BCUT2D eigenvalue weighted by molar-refractivity contribution is 7.25. The number of imidazole rings is 1. The first-order chi connectivity index (χ1) is 22.3. The summed E-state index contributed by atoms with van der Waals surface area (Å²) in [5.41, 5.74) is 7.95. The minimum absolute atomic E-state index is 0.847. The number of rotatable bonds is 3. The third-order valence-corrected chi connectivity index (χ3v) is 10.5. The average molecular weight is 595 g/mol. The third-order valence-electron chi connectivity index (χ3n) is 9.33. The zero-order valence-corrected chi connectivity index (χ0v) is 25.4. The number of benzene rings is 7. The first-order valence-corrected chi connectivity index (χ1v) is 16.3. The van der Waals surface area contributed by atoms with Crippen LogP contribution in [0.5, 0.6) is 11.5 Å². The number of hydrogen-bond donors (Lipinski definition) is 0. The van der Waals surface area contributed by atoms with Crippen LogP contribution in [0.3, 0.4) is 0 Å². The number of para-hydroxylation sites is 1. The summed E-state index contributed by atoms with van der Waals surface area (Å²) in [6, 6.07) is 46.2. The number of nitrogens with zero attached hydrogens (tertiary/aromatic N) is 2. The average Bonchev–Trinajstić information content (AvgIpc) is 3.66. The standard InChI is InChI=1S/C41H26N2OS/c1-2-38-42-32-15-9-16-34-41(32)43(38)33-21-19-24(22-35(33)44-34)39-28-11-3-5-13-30(28)40(31-14-6-4-12-29(31)39)25-18-20-27-26-10-7-8-17-36(26)45-37(27)23-25/h3-23H,2H2,1H3. The molecule has 0 unspecified atom stereocenters. The van der Waals surface area contributed by atoms with Crippen LogP contribution >= 0.6 is 11.3 Å². The topological polar surface area (TPSA) is 27.1 Å². The lowest BCUT2D eigenvalue weighted by atomic mass is 9.85. The Morgan fingerprint density at radius 1 is 0.578 bits per heavy atom. The predicted octanol–water partition coefficient (Wildman–Crippen LogP) is 11.7. The van der Waals surface area contributed by atoms with Gasteiger partial charge in [0.15, 0.2) is 11.5 Å². The van der Waals surface area contributed by atoms with E-state index in [4.69, 9.17) is 9.72 Å². The van der Waals surface area contributed by atoms with E-state index in [-0.39, 0.29) is 0 Å².